The lowest BCUT2D eigenvalue weighted by Gasteiger charge is -2.37. The minimum absolute atomic E-state index is 0.102. The molecule has 0 unspecified atom stereocenters. The average molecular weight is 347 g/mol. The molecule has 0 saturated carbocycles. The second kappa shape index (κ2) is 5.91. The maximum atomic E-state index is 12.2. The second-order valence-corrected chi connectivity index (χ2v) is 7.81. The van der Waals surface area contributed by atoms with Crippen LogP contribution in [0.15, 0.2) is 15.2 Å². The first kappa shape index (κ1) is 15.0. The Morgan fingerprint density at radius 1 is 1.42 bits per heavy atom. The van der Waals surface area contributed by atoms with Crippen molar-refractivity contribution < 1.29 is 9.90 Å². The number of hydrogen-bond acceptors (Lipinski definition) is 4. The monoisotopic (exact) mass is 346 g/mol. The summed E-state index contributed by atoms with van der Waals surface area (Å²) in [6.07, 6.45) is 0. The molecule has 2 heterocycles. The third-order valence-corrected chi connectivity index (χ3v) is 4.59. The van der Waals surface area contributed by atoms with Crippen LogP contribution in [-0.4, -0.2) is 59.1 Å². The van der Waals surface area contributed by atoms with Crippen LogP contribution in [0.5, 0.6) is 0 Å². The topological polar surface area (TPSA) is 43.8 Å². The first-order valence-electron chi connectivity index (χ1n) is 6.33. The normalized spacial score (nSPS) is 17.8. The molecule has 1 saturated heterocycles. The number of carbonyl (C=O) groups excluding carboxylic acids is 1. The SMILES string of the molecule is CC(C)(O)CN1CCN(C(=O)c2csc(Br)c2)CC1. The first-order valence-corrected chi connectivity index (χ1v) is 8.00. The molecule has 0 bridgehead atoms. The maximum absolute atomic E-state index is 12.2. The van der Waals surface area contributed by atoms with Gasteiger partial charge in [0.25, 0.3) is 5.91 Å². The highest BCUT2D eigenvalue weighted by Gasteiger charge is 2.25. The molecule has 1 aromatic heterocycles. The molecule has 0 atom stereocenters. The molecule has 1 N–H and O–H groups in total. The number of carbonyl (C=O) groups is 1. The molecule has 0 radical (unpaired) electrons. The number of nitrogens with zero attached hydrogens (tertiary/aromatic N) is 2. The van der Waals surface area contributed by atoms with Crippen LogP contribution in [0.2, 0.25) is 0 Å². The molecule has 6 heteroatoms. The Kier molecular flexibility index (Phi) is 4.66. The fourth-order valence-electron chi connectivity index (χ4n) is 2.26. The van der Waals surface area contributed by atoms with Gasteiger partial charge in [0.1, 0.15) is 0 Å². The van der Waals surface area contributed by atoms with E-state index in [9.17, 15) is 9.90 Å². The summed E-state index contributed by atoms with van der Waals surface area (Å²) in [5.74, 6) is 0.102. The van der Waals surface area contributed by atoms with E-state index in [1.807, 2.05) is 30.2 Å². The summed E-state index contributed by atoms with van der Waals surface area (Å²) in [7, 11) is 0. The van der Waals surface area contributed by atoms with Crippen molar-refractivity contribution in [1.82, 2.24) is 9.80 Å². The number of aliphatic hydroxyl groups is 1. The highest BCUT2D eigenvalue weighted by Crippen LogP contribution is 2.22. The zero-order valence-corrected chi connectivity index (χ0v) is 13.6. The predicted octanol–water partition coefficient (Wildman–Crippen LogP) is 2.04. The van der Waals surface area contributed by atoms with Crippen molar-refractivity contribution in [2.75, 3.05) is 32.7 Å². The van der Waals surface area contributed by atoms with Gasteiger partial charge in [-0.05, 0) is 35.8 Å². The molecule has 1 aliphatic heterocycles. The Morgan fingerprint density at radius 3 is 2.53 bits per heavy atom. The molecule has 19 heavy (non-hydrogen) atoms. The van der Waals surface area contributed by atoms with Gasteiger partial charge in [-0.15, -0.1) is 11.3 Å². The Morgan fingerprint density at radius 2 is 2.05 bits per heavy atom. The molecule has 106 valence electrons. The Bertz CT molecular complexity index is 448. The van der Waals surface area contributed by atoms with E-state index in [0.717, 1.165) is 35.5 Å². The third-order valence-electron chi connectivity index (χ3n) is 3.08. The van der Waals surface area contributed by atoms with Gasteiger partial charge in [0, 0.05) is 38.1 Å². The predicted molar refractivity (Wildman–Crippen MR) is 80.7 cm³/mol. The molecule has 1 amide bonds. The van der Waals surface area contributed by atoms with E-state index >= 15 is 0 Å². The fraction of sp³-hybridized carbons (Fsp3) is 0.615. The summed E-state index contributed by atoms with van der Waals surface area (Å²) in [5, 5.41) is 11.7. The van der Waals surface area contributed by atoms with Crippen molar-refractivity contribution in [3.8, 4) is 0 Å². The first-order chi connectivity index (χ1) is 8.85. The Balaban J connectivity index is 1.88. The van der Waals surface area contributed by atoms with Crippen LogP contribution < -0.4 is 0 Å². The number of hydrogen-bond donors (Lipinski definition) is 1. The van der Waals surface area contributed by atoms with Gasteiger partial charge in [-0.3, -0.25) is 9.69 Å². The highest BCUT2D eigenvalue weighted by molar-refractivity contribution is 9.11. The van der Waals surface area contributed by atoms with Crippen LogP contribution in [-0.2, 0) is 0 Å². The number of amides is 1. The molecular weight excluding hydrogens is 328 g/mol. The van der Waals surface area contributed by atoms with Gasteiger partial charge >= 0.3 is 0 Å². The van der Waals surface area contributed by atoms with Crippen molar-refractivity contribution in [2.45, 2.75) is 19.4 Å². The molecule has 4 nitrogen and oxygen atoms in total. The Hall–Kier alpha value is -0.430. The van der Waals surface area contributed by atoms with Crippen LogP contribution >= 0.6 is 27.3 Å². The minimum atomic E-state index is -0.676. The van der Waals surface area contributed by atoms with Gasteiger partial charge in [0.05, 0.1) is 15.0 Å². The van der Waals surface area contributed by atoms with E-state index in [1.165, 1.54) is 11.3 Å². The van der Waals surface area contributed by atoms with E-state index in [0.29, 0.717) is 6.54 Å². The van der Waals surface area contributed by atoms with Gasteiger partial charge in [-0.25, -0.2) is 0 Å². The summed E-state index contributed by atoms with van der Waals surface area (Å²) >= 11 is 4.91. The molecule has 1 fully saturated rings. The fourth-order valence-corrected chi connectivity index (χ4v) is 3.39. The van der Waals surface area contributed by atoms with Crippen molar-refractivity contribution in [2.24, 2.45) is 0 Å². The largest absolute Gasteiger partial charge is 0.389 e. The molecular formula is C13H19BrN2O2S. The van der Waals surface area contributed by atoms with E-state index in [2.05, 4.69) is 20.8 Å². The zero-order chi connectivity index (χ0) is 14.0. The van der Waals surface area contributed by atoms with Gasteiger partial charge in [-0.1, -0.05) is 0 Å². The molecule has 1 aromatic rings. The van der Waals surface area contributed by atoms with Gasteiger partial charge in [0.15, 0.2) is 0 Å². The number of thiophene rings is 1. The summed E-state index contributed by atoms with van der Waals surface area (Å²) in [5.41, 5.74) is 0.0810. The van der Waals surface area contributed by atoms with Crippen molar-refractivity contribution in [1.29, 1.82) is 0 Å². The van der Waals surface area contributed by atoms with Crippen molar-refractivity contribution in [3.05, 3.63) is 20.8 Å². The van der Waals surface area contributed by atoms with Gasteiger partial charge < -0.3 is 10.0 Å². The lowest BCUT2D eigenvalue weighted by molar-refractivity contribution is 0.0178. The van der Waals surface area contributed by atoms with E-state index in [4.69, 9.17) is 0 Å². The minimum Gasteiger partial charge on any atom is -0.389 e. The van der Waals surface area contributed by atoms with E-state index < -0.39 is 5.60 Å². The van der Waals surface area contributed by atoms with Crippen LogP contribution in [0.4, 0.5) is 0 Å². The quantitative estimate of drug-likeness (QED) is 0.910. The lowest BCUT2D eigenvalue weighted by atomic mass is 10.1. The second-order valence-electron chi connectivity index (χ2n) is 5.52. The molecule has 0 spiro atoms. The number of β-amino-alcohol motifs (C(OH)–C–C–N with tert-alkyl or cyclic N) is 1. The summed E-state index contributed by atoms with van der Waals surface area (Å²) in [6.45, 7) is 7.37. The standard InChI is InChI=1S/C13H19BrN2O2S/c1-13(2,18)9-15-3-5-16(6-4-15)12(17)10-7-11(14)19-8-10/h7-8,18H,3-6,9H2,1-2H3. The lowest BCUT2D eigenvalue weighted by Crippen LogP contribution is -2.51. The van der Waals surface area contributed by atoms with Crippen molar-refractivity contribution >= 4 is 33.2 Å². The van der Waals surface area contributed by atoms with E-state index in [1.54, 1.807) is 0 Å². The smallest absolute Gasteiger partial charge is 0.254 e. The molecule has 0 aliphatic carbocycles. The molecule has 2 rings (SSSR count). The highest BCUT2D eigenvalue weighted by atomic mass is 79.9. The number of piperazine rings is 1. The summed E-state index contributed by atoms with van der Waals surface area (Å²) < 4.78 is 0.983. The van der Waals surface area contributed by atoms with Crippen LogP contribution in [0.3, 0.4) is 0 Å². The van der Waals surface area contributed by atoms with Gasteiger partial charge in [0.2, 0.25) is 0 Å². The maximum Gasteiger partial charge on any atom is 0.254 e. The van der Waals surface area contributed by atoms with Crippen molar-refractivity contribution in [3.63, 3.8) is 0 Å². The zero-order valence-electron chi connectivity index (χ0n) is 11.2. The summed E-state index contributed by atoms with van der Waals surface area (Å²) in [6, 6.07) is 1.87. The number of rotatable bonds is 3. The molecule has 0 aromatic carbocycles. The average Bonchev–Trinajstić information content (AvgIpc) is 2.74. The number of halogens is 1. The third kappa shape index (κ3) is 4.27. The summed E-state index contributed by atoms with van der Waals surface area (Å²) in [4.78, 5) is 16.3. The van der Waals surface area contributed by atoms with Crippen LogP contribution in [0, 0.1) is 0 Å². The van der Waals surface area contributed by atoms with E-state index in [-0.39, 0.29) is 5.91 Å². The molecule has 1 aliphatic rings. The van der Waals surface area contributed by atoms with Crippen LogP contribution in [0.25, 0.3) is 0 Å². The Labute approximate surface area is 126 Å². The van der Waals surface area contributed by atoms with Crippen LogP contribution in [0.1, 0.15) is 24.2 Å². The van der Waals surface area contributed by atoms with Gasteiger partial charge in [-0.2, -0.15) is 0 Å².